The van der Waals surface area contributed by atoms with Crippen molar-refractivity contribution in [2.45, 2.75) is 19.8 Å². The van der Waals surface area contributed by atoms with Crippen molar-refractivity contribution in [1.82, 2.24) is 5.32 Å². The molecule has 0 aliphatic carbocycles. The van der Waals surface area contributed by atoms with Crippen LogP contribution in [0, 0.1) is 0 Å². The van der Waals surface area contributed by atoms with E-state index in [4.69, 9.17) is 28.6 Å². The predicted octanol–water partition coefficient (Wildman–Crippen LogP) is 3.97. The molecule has 2 rings (SSSR count). The van der Waals surface area contributed by atoms with Gasteiger partial charge >= 0.3 is 0 Å². The monoisotopic (exact) mass is 405 g/mol. The average molecular weight is 406 g/mol. The molecule has 0 bridgehead atoms. The lowest BCUT2D eigenvalue weighted by Gasteiger charge is -2.13. The molecule has 0 saturated carbocycles. The Balaban J connectivity index is 1.88. The minimum Gasteiger partial charge on any atom is -0.484 e. The van der Waals surface area contributed by atoms with E-state index in [1.807, 2.05) is 25.1 Å². The number of rotatable bonds is 7. The lowest BCUT2D eigenvalue weighted by Crippen LogP contribution is -2.37. The van der Waals surface area contributed by atoms with Crippen molar-refractivity contribution in [3.8, 4) is 5.75 Å². The number of benzene rings is 2. The Hall–Kier alpha value is -2.64. The lowest BCUT2D eigenvalue weighted by molar-refractivity contribution is -0.121. The summed E-state index contributed by atoms with van der Waals surface area (Å²) in [5, 5.41) is 8.62. The van der Waals surface area contributed by atoms with Gasteiger partial charge in [0.25, 0.3) is 5.91 Å². The van der Waals surface area contributed by atoms with Gasteiger partial charge in [0.2, 0.25) is 5.91 Å². The van der Waals surface area contributed by atoms with Crippen LogP contribution >= 0.6 is 23.8 Å². The molecule has 8 heteroatoms. The highest BCUT2D eigenvalue weighted by molar-refractivity contribution is 7.80. The van der Waals surface area contributed by atoms with E-state index >= 15 is 0 Å². The van der Waals surface area contributed by atoms with Gasteiger partial charge in [0, 0.05) is 12.1 Å². The number of carbonyl (C=O) groups is 2. The summed E-state index contributed by atoms with van der Waals surface area (Å²) in [6.07, 6.45) is 1.19. The maximum Gasteiger partial charge on any atom is 0.264 e. The van der Waals surface area contributed by atoms with Crippen LogP contribution in [0.1, 0.15) is 19.8 Å². The van der Waals surface area contributed by atoms with Crippen LogP contribution in [0.2, 0.25) is 5.02 Å². The van der Waals surface area contributed by atoms with E-state index in [0.717, 1.165) is 6.42 Å². The van der Waals surface area contributed by atoms with Crippen LogP contribution in [0.4, 0.5) is 11.4 Å². The van der Waals surface area contributed by atoms with E-state index in [2.05, 4.69) is 16.0 Å². The molecule has 0 aliphatic heterocycles. The molecule has 142 valence electrons. The number of amides is 2. The SMILES string of the molecule is CCCC(=O)Nc1ccc(Cl)c(NC(=S)NC(=O)COc2ccccc2)c1. The molecule has 2 aromatic carbocycles. The number of nitrogens with one attached hydrogen (secondary N) is 3. The highest BCUT2D eigenvalue weighted by atomic mass is 35.5. The van der Waals surface area contributed by atoms with E-state index in [-0.39, 0.29) is 17.6 Å². The Morgan fingerprint density at radius 1 is 1.07 bits per heavy atom. The van der Waals surface area contributed by atoms with Crippen molar-refractivity contribution in [1.29, 1.82) is 0 Å². The molecular formula is C19H20ClN3O3S. The second-order valence-corrected chi connectivity index (χ2v) is 6.41. The predicted molar refractivity (Wildman–Crippen MR) is 111 cm³/mol. The highest BCUT2D eigenvalue weighted by Gasteiger charge is 2.09. The van der Waals surface area contributed by atoms with Crippen molar-refractivity contribution in [2.75, 3.05) is 17.2 Å². The summed E-state index contributed by atoms with van der Waals surface area (Å²) < 4.78 is 5.36. The maximum absolute atomic E-state index is 11.9. The molecular weight excluding hydrogens is 386 g/mol. The van der Waals surface area contributed by atoms with E-state index < -0.39 is 5.91 Å². The molecule has 0 heterocycles. The van der Waals surface area contributed by atoms with E-state index in [1.54, 1.807) is 30.3 Å². The van der Waals surface area contributed by atoms with Crippen molar-refractivity contribution < 1.29 is 14.3 Å². The Labute approximate surface area is 168 Å². The number of para-hydroxylation sites is 1. The molecule has 0 aliphatic rings. The zero-order chi connectivity index (χ0) is 19.6. The van der Waals surface area contributed by atoms with Gasteiger partial charge in [-0.05, 0) is 49.0 Å². The summed E-state index contributed by atoms with van der Waals surface area (Å²) in [6.45, 7) is 1.75. The van der Waals surface area contributed by atoms with Crippen molar-refractivity contribution >= 4 is 52.1 Å². The van der Waals surface area contributed by atoms with Crippen molar-refractivity contribution in [3.05, 3.63) is 53.6 Å². The Kier molecular flexibility index (Phi) is 8.03. The standard InChI is InChI=1S/C19H20ClN3O3S/c1-2-6-17(24)21-13-9-10-15(20)16(11-13)22-19(27)23-18(25)12-26-14-7-4-3-5-8-14/h3-5,7-11H,2,6,12H2,1H3,(H,21,24)(H2,22,23,25,27). The first-order valence-electron chi connectivity index (χ1n) is 8.36. The fourth-order valence-corrected chi connectivity index (χ4v) is 2.52. The number of carbonyl (C=O) groups excluding carboxylic acids is 2. The molecule has 3 N–H and O–H groups in total. The number of ether oxygens (including phenoxy) is 1. The first-order valence-corrected chi connectivity index (χ1v) is 9.14. The molecule has 0 fully saturated rings. The van der Waals surface area contributed by atoms with Crippen LogP contribution in [0.25, 0.3) is 0 Å². The molecule has 2 amide bonds. The summed E-state index contributed by atoms with van der Waals surface area (Å²) in [6, 6.07) is 14.0. The third-order valence-corrected chi connectivity index (χ3v) is 3.88. The summed E-state index contributed by atoms with van der Waals surface area (Å²) in [4.78, 5) is 23.6. The molecule has 0 unspecified atom stereocenters. The summed E-state index contributed by atoms with van der Waals surface area (Å²) in [5.41, 5.74) is 1.06. The Morgan fingerprint density at radius 2 is 1.81 bits per heavy atom. The van der Waals surface area contributed by atoms with Crippen LogP contribution in [0.15, 0.2) is 48.5 Å². The quantitative estimate of drug-likeness (QED) is 0.607. The van der Waals surface area contributed by atoms with Crippen LogP contribution in [0.5, 0.6) is 5.75 Å². The summed E-state index contributed by atoms with van der Waals surface area (Å²) in [5.74, 6) is 0.102. The molecule has 0 aromatic heterocycles. The van der Waals surface area contributed by atoms with Crippen LogP contribution < -0.4 is 20.7 Å². The van der Waals surface area contributed by atoms with Gasteiger partial charge < -0.3 is 15.4 Å². The highest BCUT2D eigenvalue weighted by Crippen LogP contribution is 2.25. The van der Waals surface area contributed by atoms with E-state index in [1.165, 1.54) is 0 Å². The zero-order valence-electron chi connectivity index (χ0n) is 14.8. The molecule has 0 atom stereocenters. The van der Waals surface area contributed by atoms with Gasteiger partial charge in [-0.15, -0.1) is 0 Å². The second-order valence-electron chi connectivity index (χ2n) is 5.60. The van der Waals surface area contributed by atoms with Gasteiger partial charge in [-0.3, -0.25) is 14.9 Å². The minimum absolute atomic E-state index is 0.0793. The summed E-state index contributed by atoms with van der Waals surface area (Å²) in [7, 11) is 0. The van der Waals surface area contributed by atoms with E-state index in [0.29, 0.717) is 28.6 Å². The Morgan fingerprint density at radius 3 is 2.52 bits per heavy atom. The normalized spacial score (nSPS) is 10.0. The molecule has 0 saturated heterocycles. The zero-order valence-corrected chi connectivity index (χ0v) is 16.3. The van der Waals surface area contributed by atoms with Crippen LogP contribution in [0.3, 0.4) is 0 Å². The molecule has 0 spiro atoms. The summed E-state index contributed by atoms with van der Waals surface area (Å²) >= 11 is 11.3. The number of anilines is 2. The third-order valence-electron chi connectivity index (χ3n) is 3.34. The fourth-order valence-electron chi connectivity index (χ4n) is 2.13. The maximum atomic E-state index is 11.9. The second kappa shape index (κ2) is 10.5. The van der Waals surface area contributed by atoms with Crippen LogP contribution in [-0.4, -0.2) is 23.5 Å². The fraction of sp³-hybridized carbons (Fsp3) is 0.211. The third kappa shape index (κ3) is 7.24. The van der Waals surface area contributed by atoms with Crippen molar-refractivity contribution in [3.63, 3.8) is 0 Å². The molecule has 27 heavy (non-hydrogen) atoms. The largest absolute Gasteiger partial charge is 0.484 e. The van der Waals surface area contributed by atoms with Crippen LogP contribution in [-0.2, 0) is 9.59 Å². The van der Waals surface area contributed by atoms with Gasteiger partial charge in [-0.2, -0.15) is 0 Å². The topological polar surface area (TPSA) is 79.5 Å². The van der Waals surface area contributed by atoms with Gasteiger partial charge in [0.15, 0.2) is 11.7 Å². The average Bonchev–Trinajstić information content (AvgIpc) is 2.64. The lowest BCUT2D eigenvalue weighted by atomic mass is 10.2. The van der Waals surface area contributed by atoms with Gasteiger partial charge in [-0.1, -0.05) is 36.7 Å². The van der Waals surface area contributed by atoms with Gasteiger partial charge in [0.1, 0.15) is 5.75 Å². The molecule has 6 nitrogen and oxygen atoms in total. The van der Waals surface area contributed by atoms with E-state index in [9.17, 15) is 9.59 Å². The Bertz CT molecular complexity index is 815. The minimum atomic E-state index is -0.403. The number of hydrogen-bond acceptors (Lipinski definition) is 4. The smallest absolute Gasteiger partial charge is 0.264 e. The van der Waals surface area contributed by atoms with Gasteiger partial charge in [-0.25, -0.2) is 0 Å². The van der Waals surface area contributed by atoms with Crippen molar-refractivity contribution in [2.24, 2.45) is 0 Å². The first kappa shape index (κ1) is 20.7. The number of hydrogen-bond donors (Lipinski definition) is 3. The van der Waals surface area contributed by atoms with Gasteiger partial charge in [0.05, 0.1) is 10.7 Å². The first-order chi connectivity index (χ1) is 13.0. The number of thiocarbonyl (C=S) groups is 1. The molecule has 2 aromatic rings. The number of halogens is 1. The molecule has 0 radical (unpaired) electrons.